The lowest BCUT2D eigenvalue weighted by Gasteiger charge is -2.17. The van der Waals surface area contributed by atoms with Crippen LogP contribution in [0.1, 0.15) is 44.9 Å². The average Bonchev–Trinajstić information content (AvgIpc) is 3.10. The fourth-order valence-corrected chi connectivity index (χ4v) is 2.52. The minimum Gasteiger partial charge on any atom is -0.360 e. The number of aromatic nitrogens is 2. The summed E-state index contributed by atoms with van der Waals surface area (Å²) in [6.45, 7) is 8.86. The highest BCUT2D eigenvalue weighted by atomic mass is 32.1. The average molecular weight is 254 g/mol. The Bertz CT molecular complexity index is 331. The second-order valence-electron chi connectivity index (χ2n) is 4.54. The van der Waals surface area contributed by atoms with E-state index < -0.39 is 0 Å². The molecule has 1 N–H and O–H groups in total. The number of hydrogen-bond donors (Lipinski definition) is 1. The fourth-order valence-electron chi connectivity index (χ4n) is 1.85. The number of nitrogens with zero attached hydrogens (tertiary/aromatic N) is 3. The predicted molar refractivity (Wildman–Crippen MR) is 72.8 cm³/mol. The molecule has 0 atom stereocenters. The molecule has 96 valence electrons. The molecule has 0 amide bonds. The molecule has 0 bridgehead atoms. The maximum absolute atomic E-state index is 4.51. The van der Waals surface area contributed by atoms with Gasteiger partial charge in [-0.1, -0.05) is 13.8 Å². The summed E-state index contributed by atoms with van der Waals surface area (Å²) in [7, 11) is 0. The first-order chi connectivity index (χ1) is 8.33. The maximum Gasteiger partial charge on any atom is 0.202 e. The van der Waals surface area contributed by atoms with E-state index in [-0.39, 0.29) is 0 Å². The first kappa shape index (κ1) is 12.8. The van der Waals surface area contributed by atoms with Crippen LogP contribution in [0.25, 0.3) is 0 Å². The normalized spacial score (nSPS) is 15.5. The van der Waals surface area contributed by atoms with Gasteiger partial charge in [0, 0.05) is 24.0 Å². The van der Waals surface area contributed by atoms with E-state index in [1.54, 1.807) is 0 Å². The lowest BCUT2D eigenvalue weighted by Crippen LogP contribution is -2.25. The number of hydrogen-bond acceptors (Lipinski definition) is 5. The van der Waals surface area contributed by atoms with Crippen LogP contribution in [-0.4, -0.2) is 40.4 Å². The molecule has 0 spiro atoms. The zero-order valence-electron chi connectivity index (χ0n) is 10.8. The molecule has 2 rings (SSSR count). The smallest absolute Gasteiger partial charge is 0.202 e. The van der Waals surface area contributed by atoms with Gasteiger partial charge in [0.15, 0.2) is 0 Å². The summed E-state index contributed by atoms with van der Waals surface area (Å²) in [6.07, 6.45) is 3.72. The van der Waals surface area contributed by atoms with Crippen molar-refractivity contribution in [1.29, 1.82) is 0 Å². The Morgan fingerprint density at radius 1 is 1.35 bits per heavy atom. The van der Waals surface area contributed by atoms with Gasteiger partial charge in [-0.25, -0.2) is 4.98 Å². The highest BCUT2D eigenvalue weighted by molar-refractivity contribution is 7.09. The Morgan fingerprint density at radius 3 is 2.76 bits per heavy atom. The first-order valence-corrected chi connectivity index (χ1v) is 7.40. The van der Waals surface area contributed by atoms with Gasteiger partial charge in [0.05, 0.1) is 0 Å². The second-order valence-corrected chi connectivity index (χ2v) is 5.29. The van der Waals surface area contributed by atoms with Gasteiger partial charge in [0.1, 0.15) is 5.82 Å². The quantitative estimate of drug-likeness (QED) is 0.724. The van der Waals surface area contributed by atoms with Crippen molar-refractivity contribution in [2.45, 2.75) is 39.0 Å². The van der Waals surface area contributed by atoms with E-state index in [9.17, 15) is 0 Å². The molecule has 0 saturated heterocycles. The third-order valence-electron chi connectivity index (χ3n) is 3.21. The Morgan fingerprint density at radius 2 is 2.12 bits per heavy atom. The first-order valence-electron chi connectivity index (χ1n) is 6.63. The van der Waals surface area contributed by atoms with Crippen LogP contribution >= 0.6 is 11.5 Å². The lowest BCUT2D eigenvalue weighted by molar-refractivity contribution is 0.303. The molecule has 1 aromatic heterocycles. The summed E-state index contributed by atoms with van der Waals surface area (Å²) < 4.78 is 4.38. The van der Waals surface area contributed by atoms with Crippen LogP contribution in [0.4, 0.5) is 5.13 Å². The zero-order chi connectivity index (χ0) is 12.1. The molecular formula is C12H22N4S. The van der Waals surface area contributed by atoms with E-state index in [2.05, 4.69) is 33.4 Å². The summed E-state index contributed by atoms with van der Waals surface area (Å²) in [5, 5.41) is 4.36. The van der Waals surface area contributed by atoms with Gasteiger partial charge in [0.2, 0.25) is 5.13 Å². The Hall–Kier alpha value is -0.680. The number of nitrogens with one attached hydrogen (secondary N) is 1. The molecule has 17 heavy (non-hydrogen) atoms. The van der Waals surface area contributed by atoms with Crippen LogP contribution in [0.15, 0.2) is 0 Å². The Labute approximate surface area is 108 Å². The topological polar surface area (TPSA) is 41.0 Å². The Kier molecular flexibility index (Phi) is 4.74. The van der Waals surface area contributed by atoms with Crippen molar-refractivity contribution in [3.05, 3.63) is 5.82 Å². The van der Waals surface area contributed by atoms with Gasteiger partial charge in [-0.15, -0.1) is 0 Å². The molecule has 1 aliphatic rings. The fraction of sp³-hybridized carbons (Fsp3) is 0.833. The monoisotopic (exact) mass is 254 g/mol. The van der Waals surface area contributed by atoms with E-state index in [1.165, 1.54) is 30.8 Å². The van der Waals surface area contributed by atoms with Gasteiger partial charge in [0.25, 0.3) is 0 Å². The molecule has 0 unspecified atom stereocenters. The minimum absolute atomic E-state index is 0.664. The lowest BCUT2D eigenvalue weighted by atomic mass is 10.3. The van der Waals surface area contributed by atoms with Crippen molar-refractivity contribution in [3.8, 4) is 0 Å². The van der Waals surface area contributed by atoms with Gasteiger partial charge < -0.3 is 10.2 Å². The van der Waals surface area contributed by atoms with Gasteiger partial charge in [-0.3, -0.25) is 0 Å². The van der Waals surface area contributed by atoms with Crippen molar-refractivity contribution in [3.63, 3.8) is 0 Å². The predicted octanol–water partition coefficient (Wildman–Crippen LogP) is 2.56. The molecule has 1 saturated carbocycles. The van der Waals surface area contributed by atoms with E-state index in [0.29, 0.717) is 5.92 Å². The van der Waals surface area contributed by atoms with Crippen LogP contribution in [-0.2, 0) is 0 Å². The third kappa shape index (κ3) is 3.92. The van der Waals surface area contributed by atoms with Crippen molar-refractivity contribution < 1.29 is 0 Å². The summed E-state index contributed by atoms with van der Waals surface area (Å²) in [5.41, 5.74) is 0. The molecule has 5 heteroatoms. The molecule has 1 fully saturated rings. The Balaban J connectivity index is 1.63. The van der Waals surface area contributed by atoms with E-state index in [0.717, 1.165) is 37.1 Å². The van der Waals surface area contributed by atoms with E-state index >= 15 is 0 Å². The van der Waals surface area contributed by atoms with Crippen LogP contribution in [0.2, 0.25) is 0 Å². The highest BCUT2D eigenvalue weighted by Crippen LogP contribution is 2.39. The van der Waals surface area contributed by atoms with Gasteiger partial charge in [-0.05, 0) is 38.9 Å². The van der Waals surface area contributed by atoms with Crippen molar-refractivity contribution in [2.75, 3.05) is 31.5 Å². The van der Waals surface area contributed by atoms with Crippen molar-refractivity contribution >= 4 is 16.7 Å². The van der Waals surface area contributed by atoms with Crippen molar-refractivity contribution in [1.82, 2.24) is 14.3 Å². The number of rotatable bonds is 8. The van der Waals surface area contributed by atoms with E-state index in [4.69, 9.17) is 0 Å². The molecule has 1 heterocycles. The molecule has 0 aliphatic heterocycles. The molecule has 0 aromatic carbocycles. The standard InChI is InChI=1S/C12H22N4S/c1-3-16(4-2)9-5-8-13-12-14-11(15-17-12)10-6-7-10/h10H,3-9H2,1-2H3,(H,13,14,15). The minimum atomic E-state index is 0.664. The maximum atomic E-state index is 4.51. The van der Waals surface area contributed by atoms with Crippen LogP contribution in [0.3, 0.4) is 0 Å². The summed E-state index contributed by atoms with van der Waals surface area (Å²) >= 11 is 1.50. The van der Waals surface area contributed by atoms with Crippen LogP contribution < -0.4 is 5.32 Å². The largest absolute Gasteiger partial charge is 0.360 e. The number of anilines is 1. The summed E-state index contributed by atoms with van der Waals surface area (Å²) in [4.78, 5) is 6.95. The van der Waals surface area contributed by atoms with Crippen LogP contribution in [0.5, 0.6) is 0 Å². The van der Waals surface area contributed by atoms with Crippen molar-refractivity contribution in [2.24, 2.45) is 0 Å². The SMILES string of the molecule is CCN(CC)CCCNc1nc(C2CC2)ns1. The van der Waals surface area contributed by atoms with Gasteiger partial charge >= 0.3 is 0 Å². The van der Waals surface area contributed by atoms with E-state index in [1.807, 2.05) is 0 Å². The van der Waals surface area contributed by atoms with Gasteiger partial charge in [-0.2, -0.15) is 4.37 Å². The van der Waals surface area contributed by atoms with Crippen LogP contribution in [0, 0.1) is 0 Å². The third-order valence-corrected chi connectivity index (χ3v) is 3.89. The molecule has 4 nitrogen and oxygen atoms in total. The molecule has 0 radical (unpaired) electrons. The molecule has 1 aromatic rings. The molecular weight excluding hydrogens is 232 g/mol. The summed E-state index contributed by atoms with van der Waals surface area (Å²) in [5.74, 6) is 1.72. The zero-order valence-corrected chi connectivity index (χ0v) is 11.6. The second kappa shape index (κ2) is 6.31. The molecule has 1 aliphatic carbocycles. The summed E-state index contributed by atoms with van der Waals surface area (Å²) in [6, 6.07) is 0. The highest BCUT2D eigenvalue weighted by Gasteiger charge is 2.27.